The lowest BCUT2D eigenvalue weighted by Crippen LogP contribution is -2.53. The summed E-state index contributed by atoms with van der Waals surface area (Å²) in [5, 5.41) is 6.15. The highest BCUT2D eigenvalue weighted by atomic mass is 16.2. The van der Waals surface area contributed by atoms with Gasteiger partial charge in [-0.3, -0.25) is 14.6 Å². The molecule has 0 unspecified atom stereocenters. The van der Waals surface area contributed by atoms with Crippen molar-refractivity contribution >= 4 is 11.9 Å². The van der Waals surface area contributed by atoms with Crippen molar-refractivity contribution in [2.45, 2.75) is 38.9 Å². The fraction of sp³-hybridized carbons (Fsp3) is 0.667. The molecule has 0 radical (unpaired) electrons. The zero-order chi connectivity index (χ0) is 22.3. The predicted octanol–water partition coefficient (Wildman–Crippen LogP) is 0.930. The Morgan fingerprint density at radius 2 is 1.50 bits per heavy atom. The van der Waals surface area contributed by atoms with Crippen LogP contribution in [0.15, 0.2) is 24.3 Å². The lowest BCUT2D eigenvalue weighted by Gasteiger charge is -2.35. The van der Waals surface area contributed by atoms with E-state index in [9.17, 15) is 9.59 Å². The van der Waals surface area contributed by atoms with Crippen LogP contribution in [0.4, 0.5) is 4.79 Å². The molecule has 2 N–H and O–H groups in total. The fourth-order valence-electron chi connectivity index (χ4n) is 4.48. The lowest BCUT2D eigenvalue weighted by molar-refractivity contribution is -0.122. The van der Waals surface area contributed by atoms with Gasteiger partial charge in [0.2, 0.25) is 5.91 Å². The standard InChI is InChI=1S/C24H38N6O2/c1-2-27-9-11-28(12-10-27)18-21-6-4-3-5-20(21)17-25-24(32)30-15-13-29(14-16-30)19-23(31)26-22-7-8-22/h3-6,22H,2,7-19H2,1H3,(H,25,32)(H,26,31). The maximum Gasteiger partial charge on any atom is 0.317 e. The van der Waals surface area contributed by atoms with E-state index in [1.807, 2.05) is 11.0 Å². The van der Waals surface area contributed by atoms with E-state index < -0.39 is 0 Å². The largest absolute Gasteiger partial charge is 0.352 e. The summed E-state index contributed by atoms with van der Waals surface area (Å²) in [5.41, 5.74) is 2.48. The van der Waals surface area contributed by atoms with Gasteiger partial charge in [-0.05, 0) is 30.5 Å². The number of piperazine rings is 2. The fourth-order valence-corrected chi connectivity index (χ4v) is 4.48. The molecule has 32 heavy (non-hydrogen) atoms. The van der Waals surface area contributed by atoms with E-state index in [1.165, 1.54) is 11.1 Å². The summed E-state index contributed by atoms with van der Waals surface area (Å²) in [4.78, 5) is 33.7. The van der Waals surface area contributed by atoms with Crippen LogP contribution in [0.3, 0.4) is 0 Å². The minimum atomic E-state index is -0.0153. The first-order valence-electron chi connectivity index (χ1n) is 12.2. The quantitative estimate of drug-likeness (QED) is 0.627. The molecule has 3 fully saturated rings. The number of carbonyl (C=O) groups excluding carboxylic acids is 2. The van der Waals surface area contributed by atoms with Gasteiger partial charge in [-0.2, -0.15) is 0 Å². The predicted molar refractivity (Wildman–Crippen MR) is 125 cm³/mol. The molecule has 2 saturated heterocycles. The van der Waals surface area contributed by atoms with Gasteiger partial charge >= 0.3 is 6.03 Å². The molecule has 2 aliphatic heterocycles. The summed E-state index contributed by atoms with van der Waals surface area (Å²) in [6, 6.07) is 8.82. The second-order valence-electron chi connectivity index (χ2n) is 9.24. The molecule has 3 aliphatic rings. The number of amides is 3. The summed E-state index contributed by atoms with van der Waals surface area (Å²) in [5.74, 6) is 0.109. The minimum Gasteiger partial charge on any atom is -0.352 e. The summed E-state index contributed by atoms with van der Waals surface area (Å²) in [6.07, 6.45) is 2.22. The molecule has 1 aromatic carbocycles. The van der Waals surface area contributed by atoms with E-state index in [4.69, 9.17) is 0 Å². The van der Waals surface area contributed by atoms with Crippen LogP contribution in [0, 0.1) is 0 Å². The first-order valence-corrected chi connectivity index (χ1v) is 12.2. The van der Waals surface area contributed by atoms with Crippen molar-refractivity contribution < 1.29 is 9.59 Å². The van der Waals surface area contributed by atoms with Crippen LogP contribution >= 0.6 is 0 Å². The highest BCUT2D eigenvalue weighted by molar-refractivity contribution is 5.78. The van der Waals surface area contributed by atoms with E-state index in [-0.39, 0.29) is 11.9 Å². The van der Waals surface area contributed by atoms with Crippen molar-refractivity contribution in [1.82, 2.24) is 30.2 Å². The van der Waals surface area contributed by atoms with Crippen molar-refractivity contribution in [3.63, 3.8) is 0 Å². The molecule has 3 amide bonds. The number of hydrogen-bond donors (Lipinski definition) is 2. The molecule has 8 heteroatoms. The monoisotopic (exact) mass is 442 g/mol. The van der Waals surface area contributed by atoms with Gasteiger partial charge in [0.05, 0.1) is 6.54 Å². The Hall–Kier alpha value is -2.16. The summed E-state index contributed by atoms with van der Waals surface area (Å²) in [6.45, 7) is 12.5. The van der Waals surface area contributed by atoms with Gasteiger partial charge in [-0.25, -0.2) is 4.79 Å². The normalized spacial score (nSPS) is 20.8. The van der Waals surface area contributed by atoms with Crippen molar-refractivity contribution in [2.24, 2.45) is 0 Å². The number of urea groups is 1. The van der Waals surface area contributed by atoms with E-state index in [2.05, 4.69) is 50.5 Å². The zero-order valence-corrected chi connectivity index (χ0v) is 19.4. The van der Waals surface area contributed by atoms with Gasteiger partial charge in [-0.15, -0.1) is 0 Å². The van der Waals surface area contributed by atoms with Gasteiger partial charge in [-0.1, -0.05) is 31.2 Å². The van der Waals surface area contributed by atoms with Crippen LogP contribution in [0.1, 0.15) is 30.9 Å². The highest BCUT2D eigenvalue weighted by Crippen LogP contribution is 2.18. The Morgan fingerprint density at radius 1 is 0.875 bits per heavy atom. The molecule has 2 heterocycles. The third-order valence-electron chi connectivity index (χ3n) is 6.82. The number of nitrogens with zero attached hydrogens (tertiary/aromatic N) is 4. The third-order valence-corrected chi connectivity index (χ3v) is 6.82. The molecule has 0 bridgehead atoms. The average Bonchev–Trinajstić information content (AvgIpc) is 3.63. The molecule has 0 aromatic heterocycles. The molecule has 1 aromatic rings. The van der Waals surface area contributed by atoms with Gasteiger partial charge < -0.3 is 20.4 Å². The minimum absolute atomic E-state index is 0.0153. The Morgan fingerprint density at radius 3 is 2.16 bits per heavy atom. The lowest BCUT2D eigenvalue weighted by atomic mass is 10.1. The first kappa shape index (κ1) is 23.0. The first-order chi connectivity index (χ1) is 15.6. The van der Waals surface area contributed by atoms with Crippen molar-refractivity contribution in [3.05, 3.63) is 35.4 Å². The molecule has 0 spiro atoms. The second kappa shape index (κ2) is 11.1. The van der Waals surface area contributed by atoms with Gasteiger partial charge in [0, 0.05) is 71.5 Å². The Kier molecular flexibility index (Phi) is 8.00. The van der Waals surface area contributed by atoms with Crippen LogP contribution in [0.5, 0.6) is 0 Å². The van der Waals surface area contributed by atoms with Crippen LogP contribution in [-0.4, -0.2) is 103 Å². The van der Waals surface area contributed by atoms with E-state index in [1.54, 1.807) is 0 Å². The molecule has 1 aliphatic carbocycles. The topological polar surface area (TPSA) is 71.2 Å². The molecule has 1 saturated carbocycles. The van der Waals surface area contributed by atoms with Crippen LogP contribution < -0.4 is 10.6 Å². The summed E-state index contributed by atoms with van der Waals surface area (Å²) >= 11 is 0. The summed E-state index contributed by atoms with van der Waals surface area (Å²) < 4.78 is 0. The molecule has 4 rings (SSSR count). The van der Waals surface area contributed by atoms with E-state index in [0.29, 0.717) is 32.2 Å². The van der Waals surface area contributed by atoms with Gasteiger partial charge in [0.25, 0.3) is 0 Å². The van der Waals surface area contributed by atoms with Crippen LogP contribution in [0.25, 0.3) is 0 Å². The second-order valence-corrected chi connectivity index (χ2v) is 9.24. The molecular formula is C24H38N6O2. The van der Waals surface area contributed by atoms with Crippen molar-refractivity contribution in [1.29, 1.82) is 0 Å². The maximum atomic E-state index is 12.7. The summed E-state index contributed by atoms with van der Waals surface area (Å²) in [7, 11) is 0. The third kappa shape index (κ3) is 6.67. The highest BCUT2D eigenvalue weighted by Gasteiger charge is 2.26. The van der Waals surface area contributed by atoms with Crippen molar-refractivity contribution in [3.8, 4) is 0 Å². The zero-order valence-electron chi connectivity index (χ0n) is 19.4. The molecule has 8 nitrogen and oxygen atoms in total. The maximum absolute atomic E-state index is 12.7. The molecule has 0 atom stereocenters. The van der Waals surface area contributed by atoms with E-state index in [0.717, 1.165) is 65.2 Å². The molecular weight excluding hydrogens is 404 g/mol. The molecule has 176 valence electrons. The number of benzene rings is 1. The average molecular weight is 443 g/mol. The van der Waals surface area contributed by atoms with Gasteiger partial charge in [0.15, 0.2) is 0 Å². The number of likely N-dealkylation sites (N-methyl/N-ethyl adjacent to an activating group) is 1. The van der Waals surface area contributed by atoms with Crippen molar-refractivity contribution in [2.75, 3.05) is 65.4 Å². The van der Waals surface area contributed by atoms with Crippen LogP contribution in [0.2, 0.25) is 0 Å². The number of nitrogens with one attached hydrogen (secondary N) is 2. The number of carbonyl (C=O) groups is 2. The Balaban J connectivity index is 1.20. The SMILES string of the molecule is CCN1CCN(Cc2ccccc2CNC(=O)N2CCN(CC(=O)NC3CC3)CC2)CC1. The van der Waals surface area contributed by atoms with Gasteiger partial charge in [0.1, 0.15) is 0 Å². The number of hydrogen-bond acceptors (Lipinski definition) is 5. The van der Waals surface area contributed by atoms with Crippen LogP contribution in [-0.2, 0) is 17.9 Å². The number of rotatable bonds is 8. The smallest absolute Gasteiger partial charge is 0.317 e. The Labute approximate surface area is 191 Å². The Bertz CT molecular complexity index is 768. The van der Waals surface area contributed by atoms with E-state index >= 15 is 0 Å².